The van der Waals surface area contributed by atoms with Crippen LogP contribution in [0, 0.1) is 19.8 Å². The van der Waals surface area contributed by atoms with E-state index < -0.39 is 5.92 Å². The number of hydrogen-bond acceptors (Lipinski definition) is 4. The zero-order chi connectivity index (χ0) is 25.7. The van der Waals surface area contributed by atoms with Gasteiger partial charge in [0.05, 0.1) is 5.92 Å². The molecule has 1 atom stereocenters. The molecule has 1 aliphatic rings. The van der Waals surface area contributed by atoms with Crippen molar-refractivity contribution in [3.8, 4) is 5.75 Å². The van der Waals surface area contributed by atoms with E-state index in [1.807, 2.05) is 44.2 Å². The van der Waals surface area contributed by atoms with E-state index in [4.69, 9.17) is 16.3 Å². The summed E-state index contributed by atoms with van der Waals surface area (Å²) in [5, 5.41) is 6.27. The minimum absolute atomic E-state index is 0.101. The maximum atomic E-state index is 12.7. The normalized spacial score (nSPS) is 15.0. The van der Waals surface area contributed by atoms with E-state index in [2.05, 4.69) is 10.6 Å². The first kappa shape index (κ1) is 25.3. The van der Waals surface area contributed by atoms with Crippen molar-refractivity contribution in [3.63, 3.8) is 0 Å². The number of nitrogens with zero attached hydrogens (tertiary/aromatic N) is 1. The molecular formula is C28H28ClN3O4. The lowest BCUT2D eigenvalue weighted by Crippen LogP contribution is -2.32. The van der Waals surface area contributed by atoms with Crippen LogP contribution in [0.3, 0.4) is 0 Å². The molecule has 1 saturated heterocycles. The van der Waals surface area contributed by atoms with E-state index >= 15 is 0 Å². The summed E-state index contributed by atoms with van der Waals surface area (Å²) in [7, 11) is 0. The van der Waals surface area contributed by atoms with Crippen LogP contribution in [0.25, 0.3) is 0 Å². The highest BCUT2D eigenvalue weighted by molar-refractivity contribution is 6.31. The minimum Gasteiger partial charge on any atom is -0.484 e. The number of amides is 3. The molecule has 7 nitrogen and oxygen atoms in total. The van der Waals surface area contributed by atoms with Gasteiger partial charge >= 0.3 is 0 Å². The van der Waals surface area contributed by atoms with E-state index in [9.17, 15) is 14.4 Å². The summed E-state index contributed by atoms with van der Waals surface area (Å²) < 4.78 is 5.57. The zero-order valence-electron chi connectivity index (χ0n) is 20.2. The number of aryl methyl sites for hydroxylation is 2. The standard InChI is InChI=1S/C28H28ClN3O4/c1-18-5-3-4-6-20(18)15-30-28(35)21-13-27(34)32(16-21)23-9-11-24(12-10-23)36-17-26(33)31-22-8-7-19(2)25(29)14-22/h3-12,14,21H,13,15-17H2,1-2H3,(H,30,35)(H,31,33)/t21-/m1/s1. The van der Waals surface area contributed by atoms with E-state index in [1.165, 1.54) is 0 Å². The summed E-state index contributed by atoms with van der Waals surface area (Å²) in [5.74, 6) is -0.453. The number of hydrogen-bond donors (Lipinski definition) is 2. The lowest BCUT2D eigenvalue weighted by atomic mass is 10.1. The molecule has 2 N–H and O–H groups in total. The van der Waals surface area contributed by atoms with Gasteiger partial charge in [-0.05, 0) is 66.9 Å². The molecular weight excluding hydrogens is 478 g/mol. The third-order valence-corrected chi connectivity index (χ3v) is 6.59. The second-order valence-electron chi connectivity index (χ2n) is 8.84. The maximum Gasteiger partial charge on any atom is 0.262 e. The molecule has 0 radical (unpaired) electrons. The van der Waals surface area contributed by atoms with Gasteiger partial charge in [0, 0.05) is 35.9 Å². The van der Waals surface area contributed by atoms with Crippen LogP contribution in [0.1, 0.15) is 23.1 Å². The number of nitrogens with one attached hydrogen (secondary N) is 2. The Balaban J connectivity index is 1.27. The first-order valence-electron chi connectivity index (χ1n) is 11.7. The summed E-state index contributed by atoms with van der Waals surface area (Å²) in [6.07, 6.45) is 0.168. The predicted octanol–water partition coefficient (Wildman–Crippen LogP) is 4.64. The topological polar surface area (TPSA) is 87.7 Å². The van der Waals surface area contributed by atoms with Gasteiger partial charge in [-0.3, -0.25) is 14.4 Å². The van der Waals surface area contributed by atoms with Gasteiger partial charge < -0.3 is 20.3 Å². The Morgan fingerprint density at radius 1 is 1.03 bits per heavy atom. The third kappa shape index (κ3) is 6.23. The maximum absolute atomic E-state index is 12.7. The van der Waals surface area contributed by atoms with Gasteiger partial charge in [-0.15, -0.1) is 0 Å². The van der Waals surface area contributed by atoms with Gasteiger partial charge in [0.25, 0.3) is 5.91 Å². The van der Waals surface area contributed by atoms with Crippen LogP contribution < -0.4 is 20.3 Å². The van der Waals surface area contributed by atoms with Crippen molar-refractivity contribution >= 4 is 40.7 Å². The van der Waals surface area contributed by atoms with E-state index in [-0.39, 0.29) is 30.7 Å². The number of ether oxygens (including phenoxy) is 1. The molecule has 3 aromatic carbocycles. The van der Waals surface area contributed by atoms with Gasteiger partial charge in [-0.1, -0.05) is 41.9 Å². The second kappa shape index (κ2) is 11.3. The molecule has 0 saturated carbocycles. The van der Waals surface area contributed by atoms with Gasteiger partial charge in [0.15, 0.2) is 6.61 Å². The molecule has 0 bridgehead atoms. The van der Waals surface area contributed by atoms with Crippen LogP contribution >= 0.6 is 11.6 Å². The molecule has 0 unspecified atom stereocenters. The Labute approximate surface area is 215 Å². The fourth-order valence-electron chi connectivity index (χ4n) is 4.01. The van der Waals surface area contributed by atoms with Crippen molar-refractivity contribution in [2.45, 2.75) is 26.8 Å². The molecule has 1 fully saturated rings. The molecule has 0 aliphatic carbocycles. The first-order chi connectivity index (χ1) is 17.3. The number of rotatable bonds is 8. The predicted molar refractivity (Wildman–Crippen MR) is 140 cm³/mol. The van der Waals surface area contributed by atoms with Crippen LogP contribution in [0.15, 0.2) is 66.7 Å². The first-order valence-corrected chi connectivity index (χ1v) is 12.1. The fraction of sp³-hybridized carbons (Fsp3) is 0.250. The fourth-order valence-corrected chi connectivity index (χ4v) is 4.19. The van der Waals surface area contributed by atoms with E-state index in [0.29, 0.717) is 35.2 Å². The van der Waals surface area contributed by atoms with Crippen LogP contribution in [-0.4, -0.2) is 30.9 Å². The number of carbonyl (C=O) groups excluding carboxylic acids is 3. The largest absolute Gasteiger partial charge is 0.484 e. The Hall–Kier alpha value is -3.84. The highest BCUT2D eigenvalue weighted by atomic mass is 35.5. The minimum atomic E-state index is -0.406. The lowest BCUT2D eigenvalue weighted by Gasteiger charge is -2.17. The Morgan fingerprint density at radius 3 is 2.50 bits per heavy atom. The average Bonchev–Trinajstić information content (AvgIpc) is 3.26. The quantitative estimate of drug-likeness (QED) is 0.466. The highest BCUT2D eigenvalue weighted by Crippen LogP contribution is 2.27. The van der Waals surface area contributed by atoms with Crippen molar-refractivity contribution in [2.75, 3.05) is 23.4 Å². The third-order valence-electron chi connectivity index (χ3n) is 6.18. The smallest absolute Gasteiger partial charge is 0.262 e. The number of carbonyl (C=O) groups is 3. The van der Waals surface area contributed by atoms with Crippen molar-refractivity contribution < 1.29 is 19.1 Å². The monoisotopic (exact) mass is 505 g/mol. The van der Waals surface area contributed by atoms with Crippen molar-refractivity contribution in [1.82, 2.24) is 5.32 Å². The summed E-state index contributed by atoms with van der Waals surface area (Å²) in [4.78, 5) is 39.1. The molecule has 4 rings (SSSR count). The molecule has 8 heteroatoms. The van der Waals surface area contributed by atoms with Gasteiger partial charge in [-0.2, -0.15) is 0 Å². The molecule has 3 amide bonds. The molecule has 1 aliphatic heterocycles. The summed E-state index contributed by atoms with van der Waals surface area (Å²) >= 11 is 6.09. The van der Waals surface area contributed by atoms with Crippen LogP contribution in [0.2, 0.25) is 5.02 Å². The Kier molecular flexibility index (Phi) is 7.90. The molecule has 36 heavy (non-hydrogen) atoms. The van der Waals surface area contributed by atoms with Crippen LogP contribution in [0.4, 0.5) is 11.4 Å². The number of benzene rings is 3. The van der Waals surface area contributed by atoms with Crippen molar-refractivity contribution in [1.29, 1.82) is 0 Å². The number of anilines is 2. The molecule has 1 heterocycles. The zero-order valence-corrected chi connectivity index (χ0v) is 21.0. The van der Waals surface area contributed by atoms with E-state index in [0.717, 1.165) is 16.7 Å². The molecule has 0 aromatic heterocycles. The second-order valence-corrected chi connectivity index (χ2v) is 9.25. The molecule has 3 aromatic rings. The molecule has 0 spiro atoms. The summed E-state index contributed by atoms with van der Waals surface area (Å²) in [5.41, 5.74) is 4.37. The lowest BCUT2D eigenvalue weighted by molar-refractivity contribution is -0.126. The van der Waals surface area contributed by atoms with Gasteiger partial charge in [-0.25, -0.2) is 0 Å². The van der Waals surface area contributed by atoms with Gasteiger partial charge in [0.2, 0.25) is 11.8 Å². The van der Waals surface area contributed by atoms with Gasteiger partial charge in [0.1, 0.15) is 5.75 Å². The van der Waals surface area contributed by atoms with Crippen LogP contribution in [-0.2, 0) is 20.9 Å². The highest BCUT2D eigenvalue weighted by Gasteiger charge is 2.35. The van der Waals surface area contributed by atoms with E-state index in [1.54, 1.807) is 41.3 Å². The van der Waals surface area contributed by atoms with Crippen LogP contribution in [0.5, 0.6) is 5.75 Å². The SMILES string of the molecule is Cc1ccc(NC(=O)COc2ccc(N3C[C@H](C(=O)NCc4ccccc4C)CC3=O)cc2)cc1Cl. The summed E-state index contributed by atoms with van der Waals surface area (Å²) in [6.45, 7) is 4.48. The molecule has 186 valence electrons. The Morgan fingerprint density at radius 2 is 1.78 bits per heavy atom. The summed E-state index contributed by atoms with van der Waals surface area (Å²) in [6, 6.07) is 20.1. The van der Waals surface area contributed by atoms with Crippen molar-refractivity contribution in [2.24, 2.45) is 5.92 Å². The average molecular weight is 506 g/mol. The Bertz CT molecular complexity index is 1280. The van der Waals surface area contributed by atoms with Crippen molar-refractivity contribution in [3.05, 3.63) is 88.4 Å². The number of halogens is 1.